The lowest BCUT2D eigenvalue weighted by Crippen LogP contribution is -2.23. The number of hydrogen-bond acceptors (Lipinski definition) is 2. The summed E-state index contributed by atoms with van der Waals surface area (Å²) < 4.78 is 1.02. The van der Waals surface area contributed by atoms with Crippen molar-refractivity contribution >= 4 is 32.9 Å². The number of nitrogens with one attached hydrogen (secondary N) is 1. The first-order valence-electron chi connectivity index (χ1n) is 4.79. The van der Waals surface area contributed by atoms with Gasteiger partial charge < -0.3 is 5.32 Å². The highest BCUT2D eigenvalue weighted by molar-refractivity contribution is 9.10. The van der Waals surface area contributed by atoms with Crippen molar-refractivity contribution in [2.24, 2.45) is 5.92 Å². The second kappa shape index (κ2) is 6.18. The maximum Gasteiger partial charge on any atom is 0.283 e. The Bertz CT molecular complexity index is 324. The molecule has 0 radical (unpaired) electrons. The van der Waals surface area contributed by atoms with Gasteiger partial charge in [0.05, 0.1) is 0 Å². The van der Waals surface area contributed by atoms with E-state index in [0.29, 0.717) is 5.92 Å². The van der Waals surface area contributed by atoms with Crippen LogP contribution in [0.25, 0.3) is 0 Å². The monoisotopic (exact) mass is 287 g/mol. The number of hydrogen-bond donors (Lipinski definition) is 1. The number of thioether (sulfide) groups is 1. The van der Waals surface area contributed by atoms with Gasteiger partial charge >= 0.3 is 0 Å². The lowest BCUT2D eigenvalue weighted by atomic mass is 10.2. The van der Waals surface area contributed by atoms with E-state index < -0.39 is 0 Å². The molecule has 0 unspecified atom stereocenters. The van der Waals surface area contributed by atoms with Crippen molar-refractivity contribution < 1.29 is 4.79 Å². The molecular weight excluding hydrogens is 274 g/mol. The predicted molar refractivity (Wildman–Crippen MR) is 68.2 cm³/mol. The highest BCUT2D eigenvalue weighted by Gasteiger charge is 2.04. The lowest BCUT2D eigenvalue weighted by molar-refractivity contribution is 0.259. The fourth-order valence-electron chi connectivity index (χ4n) is 0.933. The highest BCUT2D eigenvalue weighted by atomic mass is 79.9. The second-order valence-corrected chi connectivity index (χ2v) is 5.58. The van der Waals surface area contributed by atoms with Gasteiger partial charge in [0.1, 0.15) is 0 Å². The van der Waals surface area contributed by atoms with Crippen molar-refractivity contribution in [1.82, 2.24) is 5.32 Å². The molecule has 1 aromatic rings. The van der Waals surface area contributed by atoms with Gasteiger partial charge in [-0.3, -0.25) is 4.79 Å². The first-order chi connectivity index (χ1) is 7.08. The van der Waals surface area contributed by atoms with Gasteiger partial charge in [-0.15, -0.1) is 0 Å². The largest absolute Gasteiger partial charge is 0.346 e. The van der Waals surface area contributed by atoms with E-state index in [1.807, 2.05) is 24.3 Å². The van der Waals surface area contributed by atoms with E-state index >= 15 is 0 Å². The van der Waals surface area contributed by atoms with Crippen LogP contribution in [0.4, 0.5) is 4.79 Å². The van der Waals surface area contributed by atoms with E-state index in [1.165, 1.54) is 11.8 Å². The molecule has 0 aromatic heterocycles. The molecule has 1 amide bonds. The fourth-order valence-corrected chi connectivity index (χ4v) is 1.84. The molecule has 0 saturated heterocycles. The Labute approximate surface area is 103 Å². The van der Waals surface area contributed by atoms with Crippen LogP contribution in [0.1, 0.15) is 13.8 Å². The summed E-state index contributed by atoms with van der Waals surface area (Å²) in [4.78, 5) is 12.4. The van der Waals surface area contributed by atoms with E-state index in [2.05, 4.69) is 35.1 Å². The Hall–Kier alpha value is -0.480. The molecule has 0 aliphatic carbocycles. The molecule has 0 fully saturated rings. The van der Waals surface area contributed by atoms with Gasteiger partial charge in [0.2, 0.25) is 0 Å². The third-order valence-electron chi connectivity index (χ3n) is 1.68. The van der Waals surface area contributed by atoms with Gasteiger partial charge in [-0.25, -0.2) is 0 Å². The average Bonchev–Trinajstić information content (AvgIpc) is 2.19. The second-order valence-electron chi connectivity index (χ2n) is 3.62. The van der Waals surface area contributed by atoms with Crippen molar-refractivity contribution in [3.05, 3.63) is 28.7 Å². The Kier molecular flexibility index (Phi) is 5.19. The summed E-state index contributed by atoms with van der Waals surface area (Å²) in [5.74, 6) is 0.486. The zero-order valence-electron chi connectivity index (χ0n) is 8.79. The number of halogens is 1. The van der Waals surface area contributed by atoms with Crippen LogP contribution in [-0.2, 0) is 0 Å². The molecule has 82 valence electrons. The quantitative estimate of drug-likeness (QED) is 0.854. The third-order valence-corrected chi connectivity index (χ3v) is 3.05. The summed E-state index contributed by atoms with van der Waals surface area (Å²) in [6, 6.07) is 7.70. The molecule has 0 aliphatic rings. The van der Waals surface area contributed by atoms with Crippen LogP contribution >= 0.6 is 27.7 Å². The Morgan fingerprint density at radius 1 is 1.40 bits per heavy atom. The van der Waals surface area contributed by atoms with Crippen LogP contribution in [0.3, 0.4) is 0 Å². The summed E-state index contributed by atoms with van der Waals surface area (Å²) in [6.07, 6.45) is 0. The first kappa shape index (κ1) is 12.6. The summed E-state index contributed by atoms with van der Waals surface area (Å²) in [5.41, 5.74) is 0. The molecule has 0 spiro atoms. The van der Waals surface area contributed by atoms with Gasteiger partial charge in [0, 0.05) is 15.9 Å². The third kappa shape index (κ3) is 5.23. The molecule has 0 atom stereocenters. The van der Waals surface area contributed by atoms with E-state index in [1.54, 1.807) is 0 Å². The number of carbonyl (C=O) groups is 1. The smallest absolute Gasteiger partial charge is 0.283 e. The van der Waals surface area contributed by atoms with E-state index in [9.17, 15) is 4.79 Å². The predicted octanol–water partition coefficient (Wildman–Crippen LogP) is 3.91. The van der Waals surface area contributed by atoms with Gasteiger partial charge in [-0.1, -0.05) is 29.8 Å². The van der Waals surface area contributed by atoms with E-state index in [-0.39, 0.29) is 5.24 Å². The molecule has 1 N–H and O–H groups in total. The van der Waals surface area contributed by atoms with Crippen LogP contribution in [0.2, 0.25) is 0 Å². The van der Waals surface area contributed by atoms with Crippen LogP contribution in [0.15, 0.2) is 33.6 Å². The Morgan fingerprint density at radius 2 is 2.00 bits per heavy atom. The average molecular weight is 288 g/mol. The Morgan fingerprint density at radius 3 is 2.53 bits per heavy atom. The highest BCUT2D eigenvalue weighted by Crippen LogP contribution is 2.20. The van der Waals surface area contributed by atoms with Gasteiger partial charge in [-0.05, 0) is 41.9 Å². The molecule has 1 rings (SSSR count). The van der Waals surface area contributed by atoms with Crippen molar-refractivity contribution in [1.29, 1.82) is 0 Å². The number of benzene rings is 1. The molecule has 0 aliphatic heterocycles. The minimum atomic E-state index is 0.00558. The first-order valence-corrected chi connectivity index (χ1v) is 6.40. The molecule has 0 saturated carbocycles. The van der Waals surface area contributed by atoms with Gasteiger partial charge in [0.25, 0.3) is 5.24 Å². The van der Waals surface area contributed by atoms with Crippen molar-refractivity contribution in [3.63, 3.8) is 0 Å². The molecule has 0 heterocycles. The topological polar surface area (TPSA) is 29.1 Å². The zero-order valence-corrected chi connectivity index (χ0v) is 11.2. The molecule has 4 heteroatoms. The standard InChI is InChI=1S/C11H14BrNOS/c1-8(2)7-13-11(14)15-10-5-3-9(12)4-6-10/h3-6,8H,7H2,1-2H3,(H,13,14). The van der Waals surface area contributed by atoms with E-state index in [4.69, 9.17) is 0 Å². The maximum absolute atomic E-state index is 11.4. The van der Waals surface area contributed by atoms with Crippen LogP contribution in [-0.4, -0.2) is 11.8 Å². The summed E-state index contributed by atoms with van der Waals surface area (Å²) in [5, 5.41) is 2.86. The zero-order chi connectivity index (χ0) is 11.3. The van der Waals surface area contributed by atoms with Gasteiger partial charge in [0.15, 0.2) is 0 Å². The van der Waals surface area contributed by atoms with Crippen LogP contribution in [0.5, 0.6) is 0 Å². The Balaban J connectivity index is 2.41. The van der Waals surface area contributed by atoms with Crippen molar-refractivity contribution in [2.45, 2.75) is 18.7 Å². The fraction of sp³-hybridized carbons (Fsp3) is 0.364. The molecule has 15 heavy (non-hydrogen) atoms. The normalized spacial score (nSPS) is 10.4. The molecule has 2 nitrogen and oxygen atoms in total. The van der Waals surface area contributed by atoms with Crippen LogP contribution in [0, 0.1) is 5.92 Å². The minimum Gasteiger partial charge on any atom is -0.346 e. The minimum absolute atomic E-state index is 0.00558. The number of amides is 1. The molecule has 0 bridgehead atoms. The number of carbonyl (C=O) groups excluding carboxylic acids is 1. The lowest BCUT2D eigenvalue weighted by Gasteiger charge is -2.06. The SMILES string of the molecule is CC(C)CNC(=O)Sc1ccc(Br)cc1. The van der Waals surface area contributed by atoms with Crippen LogP contribution < -0.4 is 5.32 Å². The van der Waals surface area contributed by atoms with Crippen molar-refractivity contribution in [2.75, 3.05) is 6.54 Å². The summed E-state index contributed by atoms with van der Waals surface area (Å²) in [6.45, 7) is 4.87. The molecule has 1 aromatic carbocycles. The van der Waals surface area contributed by atoms with E-state index in [0.717, 1.165) is 15.9 Å². The summed E-state index contributed by atoms with van der Waals surface area (Å²) in [7, 11) is 0. The van der Waals surface area contributed by atoms with Crippen molar-refractivity contribution in [3.8, 4) is 0 Å². The molecular formula is C11H14BrNOS. The number of rotatable bonds is 3. The van der Waals surface area contributed by atoms with Gasteiger partial charge in [-0.2, -0.15) is 0 Å². The summed E-state index contributed by atoms with van der Waals surface area (Å²) >= 11 is 4.58. The maximum atomic E-state index is 11.4.